The van der Waals surface area contributed by atoms with Crippen LogP contribution in [0.15, 0.2) is 0 Å². The van der Waals surface area contributed by atoms with Crippen molar-refractivity contribution < 1.29 is 14.2 Å². The van der Waals surface area contributed by atoms with Gasteiger partial charge in [-0.1, -0.05) is 78.6 Å². The van der Waals surface area contributed by atoms with Gasteiger partial charge in [-0.25, -0.2) is 0 Å². The molecule has 0 aromatic carbocycles. The van der Waals surface area contributed by atoms with Crippen molar-refractivity contribution in [2.45, 2.75) is 97.8 Å². The number of rotatable bonds is 21. The summed E-state index contributed by atoms with van der Waals surface area (Å²) in [5.41, 5.74) is 0. The van der Waals surface area contributed by atoms with E-state index in [1.54, 1.807) is 0 Å². The summed E-state index contributed by atoms with van der Waals surface area (Å²) >= 11 is 0. The Kier molecular flexibility index (Phi) is 21.8. The van der Waals surface area contributed by atoms with Gasteiger partial charge in [0.1, 0.15) is 0 Å². The van der Waals surface area contributed by atoms with Crippen LogP contribution in [-0.2, 0) is 14.2 Å². The van der Waals surface area contributed by atoms with Gasteiger partial charge >= 0.3 is 0 Å². The summed E-state index contributed by atoms with van der Waals surface area (Å²) in [7, 11) is 0. The van der Waals surface area contributed by atoms with Crippen LogP contribution >= 0.6 is 0 Å². The highest BCUT2D eigenvalue weighted by Crippen LogP contribution is 2.21. The van der Waals surface area contributed by atoms with Gasteiger partial charge in [-0.2, -0.15) is 0 Å². The zero-order valence-corrected chi connectivity index (χ0v) is 17.5. The SMILES string of the molecule is CCCCCCOCCOCCOCCCC(CCCC)CCCC. The lowest BCUT2D eigenvalue weighted by molar-refractivity contribution is 0.0127. The van der Waals surface area contributed by atoms with Crippen molar-refractivity contribution in [3.05, 3.63) is 0 Å². The highest BCUT2D eigenvalue weighted by molar-refractivity contribution is 4.60. The second-order valence-corrected chi connectivity index (χ2v) is 7.19. The van der Waals surface area contributed by atoms with E-state index in [0.717, 1.165) is 19.1 Å². The molecule has 25 heavy (non-hydrogen) atoms. The van der Waals surface area contributed by atoms with Crippen molar-refractivity contribution in [1.29, 1.82) is 0 Å². The zero-order chi connectivity index (χ0) is 18.4. The van der Waals surface area contributed by atoms with Gasteiger partial charge < -0.3 is 14.2 Å². The molecular formula is C22H46O3. The number of unbranched alkanes of at least 4 members (excludes halogenated alkanes) is 5. The third-order valence-corrected chi connectivity index (χ3v) is 4.72. The van der Waals surface area contributed by atoms with Crippen LogP contribution in [0.3, 0.4) is 0 Å². The van der Waals surface area contributed by atoms with Gasteiger partial charge in [0.2, 0.25) is 0 Å². The number of hydrogen-bond acceptors (Lipinski definition) is 3. The van der Waals surface area contributed by atoms with Gasteiger partial charge in [0.05, 0.1) is 26.4 Å². The van der Waals surface area contributed by atoms with E-state index < -0.39 is 0 Å². The van der Waals surface area contributed by atoms with Gasteiger partial charge in [0.25, 0.3) is 0 Å². The molecule has 3 nitrogen and oxygen atoms in total. The van der Waals surface area contributed by atoms with Crippen molar-refractivity contribution in [2.24, 2.45) is 5.92 Å². The topological polar surface area (TPSA) is 27.7 Å². The maximum atomic E-state index is 5.70. The first-order valence-electron chi connectivity index (χ1n) is 11.1. The molecule has 0 spiro atoms. The van der Waals surface area contributed by atoms with Gasteiger partial charge in [-0.3, -0.25) is 0 Å². The van der Waals surface area contributed by atoms with E-state index in [1.165, 1.54) is 77.0 Å². The predicted octanol–water partition coefficient (Wildman–Crippen LogP) is 6.39. The third kappa shape index (κ3) is 20.0. The lowest BCUT2D eigenvalue weighted by atomic mass is 9.92. The summed E-state index contributed by atoms with van der Waals surface area (Å²) < 4.78 is 16.8. The maximum Gasteiger partial charge on any atom is 0.0701 e. The molecule has 0 saturated carbocycles. The lowest BCUT2D eigenvalue weighted by Gasteiger charge is -2.16. The van der Waals surface area contributed by atoms with Crippen LogP contribution in [0.1, 0.15) is 97.8 Å². The molecule has 0 N–H and O–H groups in total. The Balaban J connectivity index is 3.27. The van der Waals surface area contributed by atoms with Crippen LogP contribution in [0, 0.1) is 5.92 Å². The van der Waals surface area contributed by atoms with Crippen molar-refractivity contribution in [3.63, 3.8) is 0 Å². The van der Waals surface area contributed by atoms with E-state index in [9.17, 15) is 0 Å². The smallest absolute Gasteiger partial charge is 0.0701 e. The highest BCUT2D eigenvalue weighted by Gasteiger charge is 2.07. The highest BCUT2D eigenvalue weighted by atomic mass is 16.5. The molecule has 0 atom stereocenters. The molecule has 0 radical (unpaired) electrons. The largest absolute Gasteiger partial charge is 0.379 e. The van der Waals surface area contributed by atoms with E-state index in [1.807, 2.05) is 0 Å². The van der Waals surface area contributed by atoms with Gasteiger partial charge in [0.15, 0.2) is 0 Å². The van der Waals surface area contributed by atoms with Crippen molar-refractivity contribution in [3.8, 4) is 0 Å². The molecule has 0 unspecified atom stereocenters. The monoisotopic (exact) mass is 358 g/mol. The van der Waals surface area contributed by atoms with Crippen LogP contribution in [0.2, 0.25) is 0 Å². The summed E-state index contributed by atoms with van der Waals surface area (Å²) in [5, 5.41) is 0. The Bertz CT molecular complexity index is 225. The van der Waals surface area contributed by atoms with Crippen LogP contribution in [0.25, 0.3) is 0 Å². The molecule has 0 fully saturated rings. The minimum absolute atomic E-state index is 0.688. The Hall–Kier alpha value is -0.120. The fraction of sp³-hybridized carbons (Fsp3) is 1.00. The molecule has 0 aliphatic rings. The first-order chi connectivity index (χ1) is 12.3. The summed E-state index contributed by atoms with van der Waals surface area (Å²) in [4.78, 5) is 0. The molecular weight excluding hydrogens is 312 g/mol. The fourth-order valence-corrected chi connectivity index (χ4v) is 3.07. The second kappa shape index (κ2) is 21.9. The van der Waals surface area contributed by atoms with Crippen molar-refractivity contribution >= 4 is 0 Å². The average molecular weight is 359 g/mol. The molecule has 3 heteroatoms. The standard InChI is InChI=1S/C22H46O3/c1-4-7-10-11-16-23-18-20-25-21-19-24-17-12-15-22(13-8-5-2)14-9-6-3/h22H,4-21H2,1-3H3. The van der Waals surface area contributed by atoms with E-state index in [4.69, 9.17) is 14.2 Å². The molecule has 152 valence electrons. The van der Waals surface area contributed by atoms with E-state index >= 15 is 0 Å². The normalized spacial score (nSPS) is 11.5. The molecule has 0 bridgehead atoms. The average Bonchev–Trinajstić information content (AvgIpc) is 2.63. The number of hydrogen-bond donors (Lipinski definition) is 0. The predicted molar refractivity (Wildman–Crippen MR) is 108 cm³/mol. The first kappa shape index (κ1) is 24.9. The molecule has 0 amide bonds. The molecule has 0 saturated heterocycles. The first-order valence-corrected chi connectivity index (χ1v) is 11.1. The molecule has 0 rings (SSSR count). The summed E-state index contributed by atoms with van der Waals surface area (Å²) in [6.45, 7) is 11.4. The molecule has 0 heterocycles. The van der Waals surface area contributed by atoms with Crippen LogP contribution < -0.4 is 0 Å². The molecule has 0 aliphatic carbocycles. The second-order valence-electron chi connectivity index (χ2n) is 7.19. The third-order valence-electron chi connectivity index (χ3n) is 4.72. The maximum absolute atomic E-state index is 5.70. The molecule has 0 aromatic heterocycles. The van der Waals surface area contributed by atoms with Crippen molar-refractivity contribution in [1.82, 2.24) is 0 Å². The van der Waals surface area contributed by atoms with Gasteiger partial charge in [-0.15, -0.1) is 0 Å². The Morgan fingerprint density at radius 1 is 0.440 bits per heavy atom. The van der Waals surface area contributed by atoms with E-state index in [0.29, 0.717) is 26.4 Å². The molecule has 0 aliphatic heterocycles. The summed E-state index contributed by atoms with van der Waals surface area (Å²) in [5.74, 6) is 0.911. The van der Waals surface area contributed by atoms with Crippen LogP contribution in [-0.4, -0.2) is 39.6 Å². The molecule has 0 aromatic rings. The van der Waals surface area contributed by atoms with Gasteiger partial charge in [0, 0.05) is 13.2 Å². The summed E-state index contributed by atoms with van der Waals surface area (Å²) in [6.07, 6.45) is 15.8. The lowest BCUT2D eigenvalue weighted by Crippen LogP contribution is -2.11. The Morgan fingerprint density at radius 2 is 0.880 bits per heavy atom. The van der Waals surface area contributed by atoms with E-state index in [-0.39, 0.29) is 0 Å². The van der Waals surface area contributed by atoms with Crippen LogP contribution in [0.4, 0.5) is 0 Å². The Labute approximate surface area is 158 Å². The van der Waals surface area contributed by atoms with Crippen molar-refractivity contribution in [2.75, 3.05) is 39.6 Å². The quantitative estimate of drug-likeness (QED) is 0.222. The van der Waals surface area contributed by atoms with Crippen LogP contribution in [0.5, 0.6) is 0 Å². The number of ether oxygens (including phenoxy) is 3. The summed E-state index contributed by atoms with van der Waals surface area (Å²) in [6, 6.07) is 0. The minimum Gasteiger partial charge on any atom is -0.379 e. The Morgan fingerprint density at radius 3 is 1.40 bits per heavy atom. The fourth-order valence-electron chi connectivity index (χ4n) is 3.07. The minimum atomic E-state index is 0.688. The van der Waals surface area contributed by atoms with E-state index in [2.05, 4.69) is 20.8 Å². The van der Waals surface area contributed by atoms with Gasteiger partial charge in [-0.05, 0) is 25.2 Å². The zero-order valence-electron chi connectivity index (χ0n) is 17.5.